The molecule has 10 heteroatoms. The molecule has 2 fully saturated rings. The van der Waals surface area contributed by atoms with Gasteiger partial charge in [0.25, 0.3) is 0 Å². The van der Waals surface area contributed by atoms with Crippen LogP contribution in [0.25, 0.3) is 0 Å². The Morgan fingerprint density at radius 3 is 2.33 bits per heavy atom. The summed E-state index contributed by atoms with van der Waals surface area (Å²) in [5.41, 5.74) is 1.46. The second-order valence-corrected chi connectivity index (χ2v) is 7.39. The summed E-state index contributed by atoms with van der Waals surface area (Å²) in [6.45, 7) is 9.00. The number of hydrogen-bond acceptors (Lipinski definition) is 5. The molecule has 168 valence electrons. The van der Waals surface area contributed by atoms with Gasteiger partial charge in [-0.3, -0.25) is 9.80 Å². The molecule has 0 aromatic heterocycles. The van der Waals surface area contributed by atoms with Gasteiger partial charge in [0.15, 0.2) is 0 Å². The number of rotatable bonds is 5. The first-order chi connectivity index (χ1) is 14.1. The Kier molecular flexibility index (Phi) is 8.63. The lowest BCUT2D eigenvalue weighted by Gasteiger charge is -2.34. The molecular formula is C20H27F3N2O5. The fraction of sp³-hybridized carbons (Fsp3) is 0.600. The number of alkyl halides is 3. The van der Waals surface area contributed by atoms with Crippen molar-refractivity contribution in [2.75, 3.05) is 39.4 Å². The molecule has 2 heterocycles. The van der Waals surface area contributed by atoms with E-state index >= 15 is 0 Å². The minimum absolute atomic E-state index is 0.374. The SMILES string of the molecule is CCC1CN(Cc2cccc(C(=O)O)c2)CC1N1CCOCC1.O=C(O)C(F)(F)F. The van der Waals surface area contributed by atoms with Crippen LogP contribution in [0.2, 0.25) is 0 Å². The predicted molar refractivity (Wildman–Crippen MR) is 102 cm³/mol. The molecule has 0 radical (unpaired) electrons. The van der Waals surface area contributed by atoms with Crippen molar-refractivity contribution in [1.82, 2.24) is 9.80 Å². The van der Waals surface area contributed by atoms with E-state index in [1.165, 1.54) is 6.42 Å². The van der Waals surface area contributed by atoms with E-state index in [0.29, 0.717) is 17.5 Å². The molecule has 2 atom stereocenters. The Hall–Kier alpha value is -2.17. The minimum atomic E-state index is -5.08. The van der Waals surface area contributed by atoms with E-state index in [4.69, 9.17) is 19.7 Å². The fourth-order valence-corrected chi connectivity index (χ4v) is 3.86. The molecule has 30 heavy (non-hydrogen) atoms. The monoisotopic (exact) mass is 432 g/mol. The number of aliphatic carboxylic acids is 1. The van der Waals surface area contributed by atoms with Crippen molar-refractivity contribution in [3.8, 4) is 0 Å². The lowest BCUT2D eigenvalue weighted by Crippen LogP contribution is -2.47. The van der Waals surface area contributed by atoms with Gasteiger partial charge in [-0.15, -0.1) is 0 Å². The first-order valence-corrected chi connectivity index (χ1v) is 9.78. The first-order valence-electron chi connectivity index (χ1n) is 9.78. The van der Waals surface area contributed by atoms with Crippen LogP contribution in [0, 0.1) is 5.92 Å². The van der Waals surface area contributed by atoms with Gasteiger partial charge in [0, 0.05) is 38.8 Å². The van der Waals surface area contributed by atoms with Gasteiger partial charge in [-0.25, -0.2) is 9.59 Å². The summed E-state index contributed by atoms with van der Waals surface area (Å²) in [4.78, 5) is 25.1. The van der Waals surface area contributed by atoms with Crippen molar-refractivity contribution in [1.29, 1.82) is 0 Å². The zero-order chi connectivity index (χ0) is 22.3. The second-order valence-electron chi connectivity index (χ2n) is 7.39. The Bertz CT molecular complexity index is 723. The van der Waals surface area contributed by atoms with Gasteiger partial charge in [0.2, 0.25) is 0 Å². The van der Waals surface area contributed by atoms with Gasteiger partial charge in [0.05, 0.1) is 18.8 Å². The highest BCUT2D eigenvalue weighted by Crippen LogP contribution is 2.27. The predicted octanol–water partition coefficient (Wildman–Crippen LogP) is 2.56. The smallest absolute Gasteiger partial charge is 0.478 e. The summed E-state index contributed by atoms with van der Waals surface area (Å²) in [5.74, 6) is -2.92. The van der Waals surface area contributed by atoms with E-state index in [2.05, 4.69) is 16.7 Å². The van der Waals surface area contributed by atoms with Gasteiger partial charge >= 0.3 is 18.1 Å². The maximum atomic E-state index is 11.1. The number of halogens is 3. The zero-order valence-electron chi connectivity index (χ0n) is 16.8. The lowest BCUT2D eigenvalue weighted by atomic mass is 9.99. The summed E-state index contributed by atoms with van der Waals surface area (Å²) in [6, 6.07) is 7.92. The largest absolute Gasteiger partial charge is 0.490 e. The van der Waals surface area contributed by atoms with Crippen LogP contribution >= 0.6 is 0 Å². The molecule has 3 rings (SSSR count). The number of likely N-dealkylation sites (tertiary alicyclic amines) is 1. The van der Waals surface area contributed by atoms with E-state index in [1.54, 1.807) is 12.1 Å². The lowest BCUT2D eigenvalue weighted by molar-refractivity contribution is -0.192. The maximum Gasteiger partial charge on any atom is 0.490 e. The molecule has 2 aliphatic rings. The van der Waals surface area contributed by atoms with Crippen LogP contribution in [0.1, 0.15) is 29.3 Å². The Morgan fingerprint density at radius 2 is 1.80 bits per heavy atom. The standard InChI is InChI=1S/C18H26N2O3.C2HF3O2/c1-2-15-12-19(13-17(15)20-6-8-23-9-7-20)11-14-4-3-5-16(10-14)18(21)22;3-2(4,5)1(6)7/h3-5,10,15,17H,2,6-9,11-13H2,1H3,(H,21,22);(H,6,7). The third-order valence-corrected chi connectivity index (χ3v) is 5.34. The molecule has 1 aromatic carbocycles. The number of benzene rings is 1. The average Bonchev–Trinajstić information content (AvgIpc) is 3.11. The molecule has 2 unspecified atom stereocenters. The molecule has 2 aliphatic heterocycles. The van der Waals surface area contributed by atoms with E-state index in [9.17, 15) is 18.0 Å². The number of nitrogens with zero attached hydrogens (tertiary/aromatic N) is 2. The number of carboxylic acids is 2. The van der Waals surface area contributed by atoms with Crippen molar-refractivity contribution < 1.29 is 37.7 Å². The van der Waals surface area contributed by atoms with Crippen molar-refractivity contribution in [3.05, 3.63) is 35.4 Å². The van der Waals surface area contributed by atoms with Crippen LogP contribution in [0.5, 0.6) is 0 Å². The van der Waals surface area contributed by atoms with Crippen LogP contribution in [0.15, 0.2) is 24.3 Å². The summed E-state index contributed by atoms with van der Waals surface area (Å²) in [7, 11) is 0. The van der Waals surface area contributed by atoms with Crippen LogP contribution in [0.4, 0.5) is 13.2 Å². The highest BCUT2D eigenvalue weighted by Gasteiger charge is 2.38. The molecule has 2 saturated heterocycles. The summed E-state index contributed by atoms with van der Waals surface area (Å²) in [5, 5.41) is 16.3. The number of aromatic carboxylic acids is 1. The molecule has 0 saturated carbocycles. The Morgan fingerprint density at radius 1 is 1.17 bits per heavy atom. The van der Waals surface area contributed by atoms with Crippen molar-refractivity contribution in [2.45, 2.75) is 32.1 Å². The van der Waals surface area contributed by atoms with Crippen LogP contribution in [-0.2, 0) is 16.1 Å². The first kappa shape index (κ1) is 24.1. The van der Waals surface area contributed by atoms with E-state index in [1.807, 2.05) is 12.1 Å². The Balaban J connectivity index is 0.000000396. The third kappa shape index (κ3) is 6.96. The van der Waals surface area contributed by atoms with Crippen molar-refractivity contribution in [2.24, 2.45) is 5.92 Å². The van der Waals surface area contributed by atoms with Gasteiger partial charge in [-0.1, -0.05) is 25.5 Å². The molecule has 0 spiro atoms. The van der Waals surface area contributed by atoms with E-state index in [-0.39, 0.29) is 0 Å². The number of carboxylic acid groups (broad SMARTS) is 2. The number of hydrogen-bond donors (Lipinski definition) is 2. The topological polar surface area (TPSA) is 90.3 Å². The molecule has 2 N–H and O–H groups in total. The van der Waals surface area contributed by atoms with Crippen molar-refractivity contribution >= 4 is 11.9 Å². The van der Waals surface area contributed by atoms with Gasteiger partial charge in [-0.2, -0.15) is 13.2 Å². The Labute approximate surface area is 173 Å². The highest BCUT2D eigenvalue weighted by molar-refractivity contribution is 5.87. The quantitative estimate of drug-likeness (QED) is 0.739. The van der Waals surface area contributed by atoms with Gasteiger partial charge < -0.3 is 14.9 Å². The molecule has 1 aromatic rings. The highest BCUT2D eigenvalue weighted by atomic mass is 19.4. The van der Waals surface area contributed by atoms with Crippen molar-refractivity contribution in [3.63, 3.8) is 0 Å². The summed E-state index contributed by atoms with van der Waals surface area (Å²) < 4.78 is 37.2. The number of carbonyl (C=O) groups is 2. The molecule has 0 amide bonds. The van der Waals surface area contributed by atoms with E-state index < -0.39 is 18.1 Å². The minimum Gasteiger partial charge on any atom is -0.478 e. The number of morpholine rings is 1. The van der Waals surface area contributed by atoms with Crippen LogP contribution in [-0.4, -0.2) is 83.6 Å². The molecule has 0 bridgehead atoms. The second kappa shape index (κ2) is 10.7. The maximum absolute atomic E-state index is 11.1. The van der Waals surface area contributed by atoms with Gasteiger partial charge in [0.1, 0.15) is 0 Å². The van der Waals surface area contributed by atoms with Crippen LogP contribution < -0.4 is 0 Å². The molecular weight excluding hydrogens is 405 g/mol. The zero-order valence-corrected chi connectivity index (χ0v) is 16.8. The van der Waals surface area contributed by atoms with Crippen LogP contribution in [0.3, 0.4) is 0 Å². The fourth-order valence-electron chi connectivity index (χ4n) is 3.86. The van der Waals surface area contributed by atoms with Gasteiger partial charge in [-0.05, 0) is 23.6 Å². The normalized spacial score (nSPS) is 22.9. The number of ether oxygens (including phenoxy) is 1. The van der Waals surface area contributed by atoms with E-state index in [0.717, 1.165) is 51.5 Å². The summed E-state index contributed by atoms with van der Waals surface area (Å²) >= 11 is 0. The molecule has 0 aliphatic carbocycles. The third-order valence-electron chi connectivity index (χ3n) is 5.34. The average molecular weight is 432 g/mol. The summed E-state index contributed by atoms with van der Waals surface area (Å²) in [6.07, 6.45) is -3.90. The molecule has 7 nitrogen and oxygen atoms in total.